The fourth-order valence-electron chi connectivity index (χ4n) is 3.35. The van der Waals surface area contributed by atoms with Crippen molar-refractivity contribution < 1.29 is 17.9 Å². The maximum atomic E-state index is 13.1. The number of rotatable bonds is 5. The van der Waals surface area contributed by atoms with Crippen molar-refractivity contribution in [1.82, 2.24) is 4.31 Å². The van der Waals surface area contributed by atoms with Gasteiger partial charge < -0.3 is 9.47 Å². The first-order chi connectivity index (χ1) is 12.4. The molecule has 1 fully saturated rings. The van der Waals surface area contributed by atoms with Crippen LogP contribution in [0, 0.1) is 6.92 Å². The zero-order chi connectivity index (χ0) is 18.7. The van der Waals surface area contributed by atoms with E-state index in [-0.39, 0.29) is 12.2 Å². The highest BCUT2D eigenvalue weighted by atomic mass is 32.2. The maximum absolute atomic E-state index is 13.1. The van der Waals surface area contributed by atoms with E-state index in [1.165, 1.54) is 4.31 Å². The topological polar surface area (TPSA) is 55.8 Å². The average Bonchev–Trinajstić information content (AvgIpc) is 2.62. The molecule has 0 bridgehead atoms. The molecule has 0 amide bonds. The lowest BCUT2D eigenvalue weighted by atomic mass is 10.1. The maximum Gasteiger partial charge on any atom is 0.243 e. The number of sulfonamides is 1. The Bertz CT molecular complexity index is 851. The second-order valence-corrected chi connectivity index (χ2v) is 8.65. The molecular weight excluding hydrogens is 350 g/mol. The summed E-state index contributed by atoms with van der Waals surface area (Å²) in [4.78, 5) is 0.295. The van der Waals surface area contributed by atoms with Crippen LogP contribution in [0.4, 0.5) is 0 Å². The highest BCUT2D eigenvalue weighted by Crippen LogP contribution is 2.26. The van der Waals surface area contributed by atoms with Crippen LogP contribution in [0.2, 0.25) is 0 Å². The van der Waals surface area contributed by atoms with Crippen LogP contribution in [0.25, 0.3) is 0 Å². The standard InChI is InChI=1S/C20H25NO4S/c1-15-11-19(9-10-20(15)24-3)26(22,23)21-13-16(2)25-18(14-21)12-17-7-5-4-6-8-17/h4-11,16,18H,12-14H2,1-3H3. The molecule has 0 N–H and O–H groups in total. The molecule has 1 heterocycles. The van der Waals surface area contributed by atoms with Gasteiger partial charge in [-0.1, -0.05) is 30.3 Å². The van der Waals surface area contributed by atoms with Crippen molar-refractivity contribution in [2.45, 2.75) is 37.4 Å². The van der Waals surface area contributed by atoms with Crippen LogP contribution in [0.1, 0.15) is 18.1 Å². The first-order valence-electron chi connectivity index (χ1n) is 8.74. The third kappa shape index (κ3) is 4.09. The minimum atomic E-state index is -3.57. The van der Waals surface area contributed by atoms with Crippen molar-refractivity contribution in [3.8, 4) is 5.75 Å². The third-order valence-corrected chi connectivity index (χ3v) is 6.43. The number of benzene rings is 2. The van der Waals surface area contributed by atoms with Crippen LogP contribution in [0.15, 0.2) is 53.4 Å². The Hall–Kier alpha value is -1.89. The monoisotopic (exact) mass is 375 g/mol. The molecule has 6 heteroatoms. The SMILES string of the molecule is COc1ccc(S(=O)(=O)N2CC(C)OC(Cc3ccccc3)C2)cc1C. The molecule has 0 radical (unpaired) electrons. The molecule has 0 spiro atoms. The molecule has 1 aliphatic heterocycles. The predicted molar refractivity (Wildman–Crippen MR) is 101 cm³/mol. The van der Waals surface area contributed by atoms with Crippen molar-refractivity contribution in [2.75, 3.05) is 20.2 Å². The van der Waals surface area contributed by atoms with Gasteiger partial charge >= 0.3 is 0 Å². The number of methoxy groups -OCH3 is 1. The second-order valence-electron chi connectivity index (χ2n) is 6.71. The fraction of sp³-hybridized carbons (Fsp3) is 0.400. The van der Waals surface area contributed by atoms with Crippen LogP contribution in [-0.4, -0.2) is 45.1 Å². The number of morpholine rings is 1. The van der Waals surface area contributed by atoms with E-state index in [0.717, 1.165) is 11.1 Å². The molecule has 2 atom stereocenters. The molecule has 5 nitrogen and oxygen atoms in total. The average molecular weight is 375 g/mol. The van der Waals surface area contributed by atoms with E-state index in [2.05, 4.69) is 0 Å². The van der Waals surface area contributed by atoms with Gasteiger partial charge in [-0.3, -0.25) is 0 Å². The Morgan fingerprint density at radius 1 is 1.15 bits per heavy atom. The van der Waals surface area contributed by atoms with Gasteiger partial charge in [-0.15, -0.1) is 0 Å². The van der Waals surface area contributed by atoms with E-state index >= 15 is 0 Å². The Balaban J connectivity index is 1.81. The number of hydrogen-bond donors (Lipinski definition) is 0. The van der Waals surface area contributed by atoms with E-state index in [1.807, 2.05) is 44.2 Å². The zero-order valence-corrected chi connectivity index (χ0v) is 16.2. The van der Waals surface area contributed by atoms with E-state index in [9.17, 15) is 8.42 Å². The molecule has 1 saturated heterocycles. The minimum absolute atomic E-state index is 0.147. The van der Waals surface area contributed by atoms with E-state index in [4.69, 9.17) is 9.47 Å². The second kappa shape index (κ2) is 7.78. The predicted octanol–water partition coefficient (Wildman–Crippen LogP) is 3.02. The molecule has 1 aliphatic rings. The molecule has 3 rings (SSSR count). The number of hydrogen-bond acceptors (Lipinski definition) is 4. The van der Waals surface area contributed by atoms with Crippen LogP contribution in [0.3, 0.4) is 0 Å². The molecule has 2 unspecified atom stereocenters. The number of ether oxygens (including phenoxy) is 2. The lowest BCUT2D eigenvalue weighted by Gasteiger charge is -2.36. The highest BCUT2D eigenvalue weighted by molar-refractivity contribution is 7.89. The molecule has 0 saturated carbocycles. The number of aryl methyl sites for hydroxylation is 1. The van der Waals surface area contributed by atoms with Gasteiger partial charge in [0, 0.05) is 13.1 Å². The van der Waals surface area contributed by atoms with Crippen molar-refractivity contribution in [2.24, 2.45) is 0 Å². The number of nitrogens with zero attached hydrogens (tertiary/aromatic N) is 1. The molecule has 140 valence electrons. The van der Waals surface area contributed by atoms with Gasteiger partial charge in [0.2, 0.25) is 10.0 Å². The van der Waals surface area contributed by atoms with Crippen molar-refractivity contribution in [3.63, 3.8) is 0 Å². The Labute approximate surface area is 155 Å². The third-order valence-electron chi connectivity index (χ3n) is 4.60. The first-order valence-corrected chi connectivity index (χ1v) is 10.2. The summed E-state index contributed by atoms with van der Waals surface area (Å²) in [5.41, 5.74) is 1.94. The Morgan fingerprint density at radius 3 is 2.54 bits per heavy atom. The van der Waals surface area contributed by atoms with Crippen LogP contribution >= 0.6 is 0 Å². The molecule has 2 aromatic carbocycles. The molecule has 0 aromatic heterocycles. The van der Waals surface area contributed by atoms with E-state index in [0.29, 0.717) is 30.2 Å². The van der Waals surface area contributed by atoms with Crippen molar-refractivity contribution in [3.05, 3.63) is 59.7 Å². The highest BCUT2D eigenvalue weighted by Gasteiger charge is 2.34. The van der Waals surface area contributed by atoms with Crippen molar-refractivity contribution >= 4 is 10.0 Å². The van der Waals surface area contributed by atoms with Crippen LogP contribution < -0.4 is 4.74 Å². The molecule has 2 aromatic rings. The summed E-state index contributed by atoms with van der Waals surface area (Å²) in [7, 11) is -1.99. The largest absolute Gasteiger partial charge is 0.496 e. The Kier molecular flexibility index (Phi) is 5.65. The zero-order valence-electron chi connectivity index (χ0n) is 15.4. The summed E-state index contributed by atoms with van der Waals surface area (Å²) in [5.74, 6) is 0.682. The quantitative estimate of drug-likeness (QED) is 0.806. The molecule has 26 heavy (non-hydrogen) atoms. The lowest BCUT2D eigenvalue weighted by Crippen LogP contribution is -2.49. The first kappa shape index (κ1) is 18.9. The van der Waals surface area contributed by atoms with Gasteiger partial charge in [-0.05, 0) is 49.6 Å². The minimum Gasteiger partial charge on any atom is -0.496 e. The van der Waals surface area contributed by atoms with Crippen LogP contribution in [0.5, 0.6) is 5.75 Å². The van der Waals surface area contributed by atoms with E-state index < -0.39 is 10.0 Å². The summed E-state index contributed by atoms with van der Waals surface area (Å²) in [6.45, 7) is 4.47. The van der Waals surface area contributed by atoms with Crippen molar-refractivity contribution in [1.29, 1.82) is 0 Å². The molecular formula is C20H25NO4S. The van der Waals surface area contributed by atoms with Crippen LogP contribution in [-0.2, 0) is 21.2 Å². The van der Waals surface area contributed by atoms with Gasteiger partial charge in [0.25, 0.3) is 0 Å². The van der Waals surface area contributed by atoms with E-state index in [1.54, 1.807) is 25.3 Å². The van der Waals surface area contributed by atoms with Gasteiger partial charge in [0.05, 0.1) is 24.2 Å². The summed E-state index contributed by atoms with van der Waals surface area (Å²) in [5, 5.41) is 0. The van der Waals surface area contributed by atoms with Gasteiger partial charge in [-0.2, -0.15) is 4.31 Å². The van der Waals surface area contributed by atoms with Gasteiger partial charge in [0.15, 0.2) is 0 Å². The summed E-state index contributed by atoms with van der Waals surface area (Å²) in [6, 6.07) is 15.0. The lowest BCUT2D eigenvalue weighted by molar-refractivity contribution is -0.0529. The normalized spacial score (nSPS) is 21.5. The van der Waals surface area contributed by atoms with Gasteiger partial charge in [0.1, 0.15) is 5.75 Å². The summed E-state index contributed by atoms with van der Waals surface area (Å²) < 4.78 is 39.0. The molecule has 0 aliphatic carbocycles. The summed E-state index contributed by atoms with van der Waals surface area (Å²) in [6.07, 6.45) is 0.389. The smallest absolute Gasteiger partial charge is 0.243 e. The Morgan fingerprint density at radius 2 is 1.88 bits per heavy atom. The fourth-order valence-corrected chi connectivity index (χ4v) is 4.98. The summed E-state index contributed by atoms with van der Waals surface area (Å²) >= 11 is 0. The van der Waals surface area contributed by atoms with Gasteiger partial charge in [-0.25, -0.2) is 8.42 Å².